The maximum Gasteiger partial charge on any atom is -0.0233 e. The first-order valence-corrected chi connectivity index (χ1v) is 37.4. The van der Waals surface area contributed by atoms with E-state index < -0.39 is 0 Å². The molecular weight excluding hydrogens is 1120 g/mol. The van der Waals surface area contributed by atoms with Crippen molar-refractivity contribution in [2.45, 2.75) is 338 Å². The van der Waals surface area contributed by atoms with E-state index >= 15 is 0 Å². The van der Waals surface area contributed by atoms with Crippen molar-refractivity contribution in [1.82, 2.24) is 0 Å². The smallest absolute Gasteiger partial charge is 0.0233 e. The highest BCUT2D eigenvalue weighted by Crippen LogP contribution is 2.46. The van der Waals surface area contributed by atoms with Gasteiger partial charge in [-0.2, -0.15) is 0 Å². The van der Waals surface area contributed by atoms with Gasteiger partial charge >= 0.3 is 0 Å². The van der Waals surface area contributed by atoms with Crippen LogP contribution in [0, 0.1) is 118 Å². The molecule has 10 fully saturated rings. The average molecular weight is 1280 g/mol. The van der Waals surface area contributed by atoms with Crippen molar-refractivity contribution in [2.24, 2.45) is 118 Å². The lowest BCUT2D eigenvalue weighted by molar-refractivity contribution is 0.148. The Bertz CT molecular complexity index is 1590. The van der Waals surface area contributed by atoms with Crippen molar-refractivity contribution in [3.8, 4) is 0 Å². The second-order valence-corrected chi connectivity index (χ2v) is 31.8. The summed E-state index contributed by atoms with van der Waals surface area (Å²) in [5.41, 5.74) is 0. The summed E-state index contributed by atoms with van der Waals surface area (Å²) in [6.07, 6.45) is 79.2. The van der Waals surface area contributed by atoms with Gasteiger partial charge in [-0.25, -0.2) is 0 Å². The molecule has 0 aromatic rings. The molecule has 0 amide bonds. The average Bonchev–Trinajstić information content (AvgIpc) is 3.22. The van der Waals surface area contributed by atoms with Crippen LogP contribution in [0.5, 0.6) is 0 Å². The highest BCUT2D eigenvalue weighted by Gasteiger charge is 2.34. The summed E-state index contributed by atoms with van der Waals surface area (Å²) < 4.78 is 0. The predicted molar refractivity (Wildman–Crippen MR) is 393 cm³/mol. The zero-order valence-electron chi connectivity index (χ0n) is 60.5. The van der Waals surface area contributed by atoms with Crippen LogP contribution < -0.4 is 0 Å². The molecule has 0 aliphatic heterocycles. The van der Waals surface area contributed by atoms with Crippen LogP contribution in [-0.2, 0) is 0 Å². The van der Waals surface area contributed by atoms with E-state index in [9.17, 15) is 0 Å². The molecule has 0 unspecified atom stereocenters. The van der Waals surface area contributed by atoms with E-state index in [4.69, 9.17) is 0 Å². The lowest BCUT2D eigenvalue weighted by Gasteiger charge is -2.37. The molecule has 90 heavy (non-hydrogen) atoms. The van der Waals surface area contributed by atoms with Crippen LogP contribution >= 0.6 is 0 Å². The lowest BCUT2D eigenvalue weighted by atomic mass is 9.69. The van der Waals surface area contributed by atoms with Crippen molar-refractivity contribution in [3.05, 3.63) is 49.6 Å². The van der Waals surface area contributed by atoms with Crippen LogP contribution in [0.4, 0.5) is 0 Å². The van der Waals surface area contributed by atoms with Gasteiger partial charge in [0, 0.05) is 0 Å². The fourth-order valence-corrected chi connectivity index (χ4v) is 19.2. The molecule has 542 valence electrons. The van der Waals surface area contributed by atoms with E-state index in [1.165, 1.54) is 244 Å². The Morgan fingerprint density at radius 1 is 0.244 bits per heavy atom. The molecule has 10 heteroatoms. The molecule has 0 spiro atoms. The minimum Gasteiger partial charge on any atom is -0.412 e. The maximum atomic E-state index is 3.93. The van der Waals surface area contributed by atoms with Crippen LogP contribution in [-0.4, -0.2) is 54.8 Å². The molecule has 0 radical (unpaired) electrons. The summed E-state index contributed by atoms with van der Waals surface area (Å²) in [4.78, 5) is 0. The normalized spacial score (nSPS) is 36.4. The lowest BCUT2D eigenvalue weighted by Crippen LogP contribution is -2.25. The molecule has 10 saturated carbocycles. The van der Waals surface area contributed by atoms with Gasteiger partial charge in [0.1, 0.15) is 0 Å². The van der Waals surface area contributed by atoms with Crippen molar-refractivity contribution in [3.63, 3.8) is 0 Å². The second kappa shape index (κ2) is 55.7. The standard InChI is InChI=1S/C18H32.C17H30.C16H28.C15H26.C14H26.10H2O/c1-3-4-5-6-16-9-13-18(14-10-16)17-11-7-15(2)8-12-17;1-3-4-5-15-8-12-17(13-9-15)16-10-6-14(2)7-11-16;1-3-4-14-7-11-16(12-8-14)15-9-5-13(2)6-10-15;1-3-13-6-10-15(11-7-13)14-8-4-12(2)5-9-14;1-11-3-7-13(8-4-11)14-9-5-12(2)6-10-14;;;;;;;;;;/h3-4,15-18H,5-14H2,1-2H3;3,14-17H,1,4-13H2,2H3;3-4,13-16H,5-12H2,1-2H3;3,12-15H,1,4-11H2,2H3;11-14H,3-10H2,1-2H3;10*1H2/b4-3+;;4-3+;;;;;;;;;;;;. The second-order valence-electron chi connectivity index (χ2n) is 31.8. The highest BCUT2D eigenvalue weighted by molar-refractivity contribution is 4.92. The number of allylic oxidation sites excluding steroid dienone is 6. The van der Waals surface area contributed by atoms with Gasteiger partial charge in [0.05, 0.1) is 0 Å². The first-order valence-electron chi connectivity index (χ1n) is 37.4. The summed E-state index contributed by atoms with van der Waals surface area (Å²) in [5.74, 6) is 20.8. The molecule has 0 atom stereocenters. The summed E-state index contributed by atoms with van der Waals surface area (Å²) in [6, 6.07) is 0. The summed E-state index contributed by atoms with van der Waals surface area (Å²) in [6.45, 7) is 26.7. The minimum atomic E-state index is 0. The minimum absolute atomic E-state index is 0. The monoisotopic (exact) mass is 1280 g/mol. The Balaban J connectivity index is -0.000000326. The fourth-order valence-electron chi connectivity index (χ4n) is 19.2. The molecule has 10 aliphatic carbocycles. The van der Waals surface area contributed by atoms with Crippen molar-refractivity contribution in [1.29, 1.82) is 0 Å². The van der Waals surface area contributed by atoms with E-state index in [2.05, 4.69) is 105 Å². The molecule has 10 nitrogen and oxygen atoms in total. The van der Waals surface area contributed by atoms with Gasteiger partial charge in [-0.1, -0.05) is 181 Å². The molecule has 0 heterocycles. The third kappa shape index (κ3) is 36.1. The van der Waals surface area contributed by atoms with Crippen molar-refractivity contribution < 1.29 is 54.8 Å². The van der Waals surface area contributed by atoms with Gasteiger partial charge in [-0.3, -0.25) is 0 Å². The molecular formula is C80H162O10. The zero-order chi connectivity index (χ0) is 56.9. The Kier molecular flexibility index (Phi) is 60.1. The molecule has 0 aromatic heterocycles. The van der Waals surface area contributed by atoms with E-state index in [0.29, 0.717) is 0 Å². The maximum absolute atomic E-state index is 3.93. The number of hydrogen-bond acceptors (Lipinski definition) is 0. The fraction of sp³-hybridized carbons (Fsp3) is 0.900. The molecule has 20 N–H and O–H groups in total. The molecule has 10 aliphatic rings. The summed E-state index contributed by atoms with van der Waals surface area (Å²) in [7, 11) is 0. The summed E-state index contributed by atoms with van der Waals surface area (Å²) in [5, 5.41) is 0. The van der Waals surface area contributed by atoms with Gasteiger partial charge in [-0.15, -0.1) is 13.2 Å². The van der Waals surface area contributed by atoms with E-state index in [1.54, 1.807) is 38.5 Å². The van der Waals surface area contributed by atoms with Crippen molar-refractivity contribution in [2.75, 3.05) is 0 Å². The summed E-state index contributed by atoms with van der Waals surface area (Å²) >= 11 is 0. The van der Waals surface area contributed by atoms with Gasteiger partial charge < -0.3 is 54.8 Å². The van der Waals surface area contributed by atoms with Crippen LogP contribution in [0.3, 0.4) is 0 Å². The van der Waals surface area contributed by atoms with Crippen LogP contribution in [0.15, 0.2) is 49.6 Å². The Morgan fingerprint density at radius 2 is 0.444 bits per heavy atom. The van der Waals surface area contributed by atoms with Gasteiger partial charge in [0.15, 0.2) is 0 Å². The van der Waals surface area contributed by atoms with Crippen LogP contribution in [0.1, 0.15) is 338 Å². The Labute approximate surface area is 558 Å². The van der Waals surface area contributed by atoms with Gasteiger partial charge in [-0.05, 0) is 312 Å². The van der Waals surface area contributed by atoms with Crippen LogP contribution in [0.25, 0.3) is 0 Å². The van der Waals surface area contributed by atoms with Crippen LogP contribution in [0.2, 0.25) is 0 Å². The third-order valence-electron chi connectivity index (χ3n) is 25.7. The first-order chi connectivity index (χ1) is 38.9. The number of hydrogen-bond donors (Lipinski definition) is 0. The Hall–Kier alpha value is -1.44. The quantitative estimate of drug-likeness (QED) is 0.155. The first kappa shape index (κ1) is 97.2. The zero-order valence-corrected chi connectivity index (χ0v) is 60.5. The van der Waals surface area contributed by atoms with E-state index in [-0.39, 0.29) is 54.8 Å². The molecule has 10 rings (SSSR count). The highest BCUT2D eigenvalue weighted by atomic mass is 16.0. The van der Waals surface area contributed by atoms with Gasteiger partial charge in [0.2, 0.25) is 0 Å². The molecule has 0 saturated heterocycles. The molecule has 0 bridgehead atoms. The third-order valence-corrected chi connectivity index (χ3v) is 25.7. The molecule has 0 aromatic carbocycles. The van der Waals surface area contributed by atoms with Crippen molar-refractivity contribution >= 4 is 0 Å². The van der Waals surface area contributed by atoms with E-state index in [0.717, 1.165) is 118 Å². The SMILES string of the molecule is C/C=C/C1CCC(C2CCC(C)CC2)CC1.C/C=C/CCC1CCC(C2CCC(C)CC2)CC1.C=CC1CCC(C2CCC(C)CC2)CC1.C=CCCC1CCC(C2CCC(C)CC2)CC1.CC1CCC(C2CCC(C)CC2)CC1.O.O.O.O.O.O.O.O.O.O. The topological polar surface area (TPSA) is 315 Å². The van der Waals surface area contributed by atoms with E-state index in [1.807, 2.05) is 0 Å². The van der Waals surface area contributed by atoms with Gasteiger partial charge in [0.25, 0.3) is 0 Å². The Morgan fingerprint density at radius 3 is 0.644 bits per heavy atom. The largest absolute Gasteiger partial charge is 0.412 e. The number of rotatable bonds is 13. The predicted octanol–water partition coefficient (Wildman–Crippen LogP) is 18.0.